The number of nitrogens with one attached hydrogen (secondary N) is 1. The molecule has 4 rings (SSSR count). The van der Waals surface area contributed by atoms with E-state index in [9.17, 15) is 39.6 Å². The number of benzene rings is 1. The monoisotopic (exact) mass is 674 g/mol. The molecule has 2 aliphatic rings. The molecule has 1 aromatic heterocycles. The van der Waals surface area contributed by atoms with Crippen LogP contribution in [0, 0.1) is 0 Å². The fourth-order valence-electron chi connectivity index (χ4n) is 4.50. The number of nitrogens with two attached hydrogens (primary N) is 1. The lowest BCUT2D eigenvalue weighted by Gasteiger charge is -2.50. The van der Waals surface area contributed by atoms with Crippen LogP contribution in [0.1, 0.15) is 25.1 Å². The number of nitrogen functional groups attached to an aromatic ring is 1. The van der Waals surface area contributed by atoms with Gasteiger partial charge in [-0.1, -0.05) is 17.3 Å². The third-order valence-corrected chi connectivity index (χ3v) is 9.28. The van der Waals surface area contributed by atoms with Gasteiger partial charge in [0.15, 0.2) is 22.3 Å². The van der Waals surface area contributed by atoms with Crippen LogP contribution in [0.4, 0.5) is 5.13 Å². The maximum Gasteiger partial charge on any atom is 0.350 e. The molecule has 1 fully saturated rings. The molecule has 2 aliphatic heterocycles. The number of carbonyl (C=O) groups is 4. The average Bonchev–Trinajstić information content (AvgIpc) is 3.41. The summed E-state index contributed by atoms with van der Waals surface area (Å²) < 4.78 is 0.528. The minimum Gasteiger partial charge on any atom is -0.543 e. The summed E-state index contributed by atoms with van der Waals surface area (Å²) in [6.45, 7) is 3.68. The highest BCUT2D eigenvalue weighted by atomic mass is 32.2. The van der Waals surface area contributed by atoms with Gasteiger partial charge in [-0.05, 0) is 43.2 Å². The molecule has 246 valence electrons. The van der Waals surface area contributed by atoms with Crippen LogP contribution < -0.4 is 16.2 Å². The van der Waals surface area contributed by atoms with Gasteiger partial charge in [0, 0.05) is 17.6 Å². The maximum atomic E-state index is 13.3. The Hall–Kier alpha value is -4.61. The molecule has 15 nitrogen and oxygen atoms in total. The minimum absolute atomic E-state index is 0.00592. The predicted molar refractivity (Wildman–Crippen MR) is 167 cm³/mol. The highest BCUT2D eigenvalue weighted by Gasteiger charge is 2.53. The van der Waals surface area contributed by atoms with Gasteiger partial charge >= 0.3 is 5.97 Å². The van der Waals surface area contributed by atoms with Crippen molar-refractivity contribution in [1.82, 2.24) is 15.2 Å². The van der Waals surface area contributed by atoms with Crippen LogP contribution in [0.25, 0.3) is 0 Å². The molecule has 2 atom stereocenters. The number of carboxylic acids is 2. The zero-order valence-electron chi connectivity index (χ0n) is 25.4. The number of anilines is 1. The third kappa shape index (κ3) is 7.60. The van der Waals surface area contributed by atoms with E-state index in [1.165, 1.54) is 43.1 Å². The number of amides is 2. The van der Waals surface area contributed by atoms with Crippen molar-refractivity contribution in [3.05, 3.63) is 58.3 Å². The van der Waals surface area contributed by atoms with Crippen molar-refractivity contribution in [2.24, 2.45) is 5.16 Å². The first-order valence-electron chi connectivity index (χ1n) is 13.9. The number of carboxylic acid groups (broad SMARTS) is 2. The molecule has 1 aromatic carbocycles. The molecule has 0 radical (unpaired) electrons. The molecule has 1 saturated heterocycles. The van der Waals surface area contributed by atoms with Gasteiger partial charge in [0.2, 0.25) is 5.60 Å². The van der Waals surface area contributed by atoms with E-state index in [-0.39, 0.29) is 33.8 Å². The quantitative estimate of drug-likeness (QED) is 0.0622. The molecule has 0 spiro atoms. The largest absolute Gasteiger partial charge is 0.543 e. The van der Waals surface area contributed by atoms with E-state index in [1.807, 2.05) is 20.2 Å². The molecule has 2 aromatic rings. The summed E-state index contributed by atoms with van der Waals surface area (Å²) in [5, 5.41) is 47.8. The van der Waals surface area contributed by atoms with Crippen molar-refractivity contribution in [3.8, 4) is 11.5 Å². The number of aliphatic carboxylic acids is 2. The fourth-order valence-corrected chi connectivity index (χ4v) is 6.36. The molecular weight excluding hydrogens is 640 g/mol. The number of carbonyl (C=O) groups excluding carboxylic acids is 3. The van der Waals surface area contributed by atoms with Gasteiger partial charge in [0.1, 0.15) is 17.1 Å². The van der Waals surface area contributed by atoms with Crippen molar-refractivity contribution in [2.75, 3.05) is 38.7 Å². The summed E-state index contributed by atoms with van der Waals surface area (Å²) in [5.74, 6) is -4.58. The van der Waals surface area contributed by atoms with Gasteiger partial charge in [0.05, 0.1) is 38.9 Å². The first kappa shape index (κ1) is 34.3. The van der Waals surface area contributed by atoms with Crippen molar-refractivity contribution in [3.63, 3.8) is 0 Å². The molecule has 46 heavy (non-hydrogen) atoms. The number of rotatable bonds is 13. The van der Waals surface area contributed by atoms with Crippen molar-refractivity contribution < 1.29 is 48.9 Å². The second-order valence-corrected chi connectivity index (χ2v) is 13.8. The van der Waals surface area contributed by atoms with E-state index in [1.54, 1.807) is 12.1 Å². The molecule has 0 saturated carbocycles. The molecule has 17 heteroatoms. The van der Waals surface area contributed by atoms with E-state index in [4.69, 9.17) is 10.6 Å². The lowest BCUT2D eigenvalue weighted by atomic mass is 10.0. The number of hydrogen-bond acceptors (Lipinski definition) is 13. The first-order chi connectivity index (χ1) is 21.5. The number of allylic oxidation sites excluding steroid dienone is 1. The summed E-state index contributed by atoms with van der Waals surface area (Å²) >= 11 is 2.27. The number of β-lactam (4-membered cyclic amide) rings is 1. The topological polar surface area (TPSA) is 228 Å². The van der Waals surface area contributed by atoms with E-state index in [2.05, 4.69) is 15.5 Å². The molecule has 0 aliphatic carbocycles. The average molecular weight is 675 g/mol. The summed E-state index contributed by atoms with van der Waals surface area (Å²) in [5.41, 5.74) is 4.46. The lowest BCUT2D eigenvalue weighted by molar-refractivity contribution is -0.884. The number of aromatic nitrogens is 1. The number of phenols is 2. The highest BCUT2D eigenvalue weighted by molar-refractivity contribution is 8.00. The Labute approximate surface area is 272 Å². The fraction of sp³-hybridized carbons (Fsp3) is 0.379. The van der Waals surface area contributed by atoms with Crippen molar-refractivity contribution in [2.45, 2.75) is 37.3 Å². The summed E-state index contributed by atoms with van der Waals surface area (Å²) in [7, 11) is 3.98. The number of hydrogen-bond donors (Lipinski definition) is 5. The SMILES string of the molecule is CC(C)(O/N=C(\C(=O)NC1C(=O)N2C(C(=O)[O-])=C(/C=C/C[N+](C)(C)CCc3ccc(O)c(O)c3)CS[C@H]12)c1csc(N)n1)C(=O)O. The second kappa shape index (κ2) is 13.4. The Bertz CT molecular complexity index is 1650. The number of thiazole rings is 1. The number of thioether (sulfide) groups is 1. The van der Waals surface area contributed by atoms with Crippen LogP contribution in [0.2, 0.25) is 0 Å². The van der Waals surface area contributed by atoms with Gasteiger partial charge in [0.25, 0.3) is 11.8 Å². The summed E-state index contributed by atoms with van der Waals surface area (Å²) in [6.07, 6.45) is 4.09. The molecule has 1 unspecified atom stereocenters. The van der Waals surface area contributed by atoms with Crippen molar-refractivity contribution >= 4 is 57.7 Å². The molecule has 6 N–H and O–H groups in total. The van der Waals surface area contributed by atoms with E-state index >= 15 is 0 Å². The minimum atomic E-state index is -1.78. The van der Waals surface area contributed by atoms with Gasteiger partial charge in [-0.3, -0.25) is 14.5 Å². The van der Waals surface area contributed by atoms with Gasteiger partial charge in [-0.25, -0.2) is 9.78 Å². The van der Waals surface area contributed by atoms with Crippen molar-refractivity contribution in [1.29, 1.82) is 0 Å². The smallest absolute Gasteiger partial charge is 0.350 e. The Morgan fingerprint density at radius 1 is 1.28 bits per heavy atom. The number of phenolic OH excluding ortho intramolecular Hbond substituents is 2. The standard InChI is InChI=1S/C29H34N6O9S2/c1-29(2,27(42)43)44-33-20(17-14-46-28(30)31-17)23(38)32-21-24(39)34-22(26(40)41)16(13-45-25(21)34)6-5-10-35(3,4)11-9-15-7-8-18(36)19(37)12-15/h5-8,12,14,21,25H,9-11,13H2,1-4H3,(H6-,30,31,32,33,36,37,38,40,41,42,43)/b6-5+/t21?,25-/m1/s1. The van der Waals surface area contributed by atoms with Crippen LogP contribution in [0.5, 0.6) is 11.5 Å². The number of likely N-dealkylation sites (N-methyl/N-ethyl adjacent to an activating group) is 1. The normalized spacial score (nSPS) is 18.7. The van der Waals surface area contributed by atoms with Gasteiger partial charge in [-0.2, -0.15) is 0 Å². The summed E-state index contributed by atoms with van der Waals surface area (Å²) in [6, 6.07) is 3.56. The zero-order chi connectivity index (χ0) is 34.0. The van der Waals surface area contributed by atoms with Gasteiger partial charge in [-0.15, -0.1) is 23.1 Å². The number of fused-ring (bicyclic) bond motifs is 1. The molecule has 3 heterocycles. The Balaban J connectivity index is 1.45. The Morgan fingerprint density at radius 2 is 2.00 bits per heavy atom. The van der Waals surface area contributed by atoms with Crippen LogP contribution in [-0.4, -0.2) is 109 Å². The summed E-state index contributed by atoms with van der Waals surface area (Å²) in [4.78, 5) is 60.3. The zero-order valence-corrected chi connectivity index (χ0v) is 27.1. The third-order valence-electron chi connectivity index (χ3n) is 7.30. The Kier molecular flexibility index (Phi) is 9.98. The number of nitrogens with zero attached hydrogens (tertiary/aromatic N) is 4. The van der Waals surface area contributed by atoms with E-state index < -0.39 is 46.5 Å². The predicted octanol–water partition coefficient (Wildman–Crippen LogP) is -0.000400. The maximum absolute atomic E-state index is 13.3. The van der Waals surface area contributed by atoms with E-state index in [0.29, 0.717) is 29.6 Å². The van der Waals surface area contributed by atoms with Crippen LogP contribution in [-0.2, 0) is 30.4 Å². The molecule has 0 bridgehead atoms. The van der Waals surface area contributed by atoms with Crippen LogP contribution in [0.3, 0.4) is 0 Å². The van der Waals surface area contributed by atoms with Crippen LogP contribution in [0.15, 0.2) is 52.2 Å². The van der Waals surface area contributed by atoms with Gasteiger partial charge < -0.3 is 45.6 Å². The second-order valence-electron chi connectivity index (χ2n) is 11.8. The highest BCUT2D eigenvalue weighted by Crippen LogP contribution is 2.40. The number of aromatic hydroxyl groups is 2. The van der Waals surface area contributed by atoms with Crippen LogP contribution >= 0.6 is 23.1 Å². The Morgan fingerprint density at radius 3 is 2.61 bits per heavy atom. The van der Waals surface area contributed by atoms with E-state index in [0.717, 1.165) is 21.8 Å². The number of oxime groups is 1. The molecular formula is C29H34N6O9S2. The first-order valence-corrected chi connectivity index (χ1v) is 15.8. The lowest BCUT2D eigenvalue weighted by Crippen LogP contribution is -2.71. The number of quaternary nitrogens is 1. The molecule has 2 amide bonds.